The minimum absolute atomic E-state index is 0. The van der Waals surface area contributed by atoms with Crippen LogP contribution in [0.2, 0.25) is 0 Å². The fourth-order valence-electron chi connectivity index (χ4n) is 1.42. The van der Waals surface area contributed by atoms with Gasteiger partial charge in [-0.3, -0.25) is 4.79 Å². The van der Waals surface area contributed by atoms with E-state index < -0.39 is 0 Å². The van der Waals surface area contributed by atoms with Gasteiger partial charge in [-0.25, -0.2) is 0 Å². The molecular weight excluding hydrogens is 178 g/mol. The van der Waals surface area contributed by atoms with E-state index >= 15 is 0 Å². The van der Waals surface area contributed by atoms with Crippen molar-refractivity contribution >= 4 is 18.4 Å². The van der Waals surface area contributed by atoms with E-state index in [4.69, 9.17) is 0 Å². The second-order valence-corrected chi connectivity index (χ2v) is 2.99. The van der Waals surface area contributed by atoms with Crippen LogP contribution in [0.25, 0.3) is 0 Å². The summed E-state index contributed by atoms with van der Waals surface area (Å²) in [6, 6.07) is 0. The van der Waals surface area contributed by atoms with Crippen LogP contribution in [0, 0.1) is 5.92 Å². The van der Waals surface area contributed by atoms with E-state index in [9.17, 15) is 4.79 Å². The number of methoxy groups -OCH3 is 1. The van der Waals surface area contributed by atoms with Crippen LogP contribution in [0.5, 0.6) is 0 Å². The van der Waals surface area contributed by atoms with Gasteiger partial charge in [0.1, 0.15) is 0 Å². The monoisotopic (exact) mass is 193 g/mol. The highest BCUT2D eigenvalue weighted by molar-refractivity contribution is 5.85. The summed E-state index contributed by atoms with van der Waals surface area (Å²) in [7, 11) is 1.44. The largest absolute Gasteiger partial charge is 0.469 e. The number of esters is 1. The molecule has 0 aromatic carbocycles. The maximum atomic E-state index is 10.8. The van der Waals surface area contributed by atoms with Crippen molar-refractivity contribution < 1.29 is 9.53 Å². The molecule has 0 saturated carbocycles. The Labute approximate surface area is 79.3 Å². The van der Waals surface area contributed by atoms with Gasteiger partial charge in [0.25, 0.3) is 0 Å². The van der Waals surface area contributed by atoms with Crippen LogP contribution in [-0.2, 0) is 9.53 Å². The van der Waals surface area contributed by atoms with Crippen molar-refractivity contribution in [3.63, 3.8) is 0 Å². The first-order valence-corrected chi connectivity index (χ1v) is 4.10. The van der Waals surface area contributed by atoms with Crippen molar-refractivity contribution in [3.05, 3.63) is 0 Å². The molecule has 1 saturated heterocycles. The van der Waals surface area contributed by atoms with Gasteiger partial charge in [0.15, 0.2) is 0 Å². The van der Waals surface area contributed by atoms with Gasteiger partial charge < -0.3 is 10.1 Å². The molecular formula is C8H16ClNO2. The SMILES string of the molecule is COC(=O)CC1CCCNC1.Cl. The van der Waals surface area contributed by atoms with E-state index in [1.165, 1.54) is 13.5 Å². The van der Waals surface area contributed by atoms with E-state index in [2.05, 4.69) is 10.1 Å². The van der Waals surface area contributed by atoms with Crippen molar-refractivity contribution in [2.24, 2.45) is 5.92 Å². The summed E-state index contributed by atoms with van der Waals surface area (Å²) in [5.41, 5.74) is 0. The Morgan fingerprint density at radius 2 is 2.42 bits per heavy atom. The molecule has 1 aliphatic heterocycles. The Bertz CT molecular complexity index is 135. The third kappa shape index (κ3) is 3.93. The summed E-state index contributed by atoms with van der Waals surface area (Å²) in [4.78, 5) is 10.8. The molecule has 0 aromatic heterocycles. The van der Waals surface area contributed by atoms with Crippen LogP contribution in [0.3, 0.4) is 0 Å². The smallest absolute Gasteiger partial charge is 0.305 e. The molecule has 4 heteroatoms. The zero-order valence-electron chi connectivity index (χ0n) is 7.34. The molecule has 0 bridgehead atoms. The second-order valence-electron chi connectivity index (χ2n) is 2.99. The van der Waals surface area contributed by atoms with E-state index in [1.54, 1.807) is 0 Å². The Hall–Kier alpha value is -0.280. The number of carbonyl (C=O) groups excluding carboxylic acids is 1. The highest BCUT2D eigenvalue weighted by Crippen LogP contribution is 2.13. The highest BCUT2D eigenvalue weighted by Gasteiger charge is 2.16. The quantitative estimate of drug-likeness (QED) is 0.665. The number of nitrogens with one attached hydrogen (secondary N) is 1. The van der Waals surface area contributed by atoms with Gasteiger partial charge in [-0.15, -0.1) is 12.4 Å². The average molecular weight is 194 g/mol. The Morgan fingerprint density at radius 1 is 1.67 bits per heavy atom. The average Bonchev–Trinajstić information content (AvgIpc) is 2.06. The van der Waals surface area contributed by atoms with Crippen LogP contribution in [0.4, 0.5) is 0 Å². The van der Waals surface area contributed by atoms with E-state index in [0.717, 1.165) is 19.5 Å². The molecule has 3 nitrogen and oxygen atoms in total. The lowest BCUT2D eigenvalue weighted by atomic mass is 9.96. The van der Waals surface area contributed by atoms with Crippen LogP contribution >= 0.6 is 12.4 Å². The molecule has 0 aromatic rings. The molecule has 0 spiro atoms. The highest BCUT2D eigenvalue weighted by atomic mass is 35.5. The van der Waals surface area contributed by atoms with Crippen molar-refractivity contribution in [3.8, 4) is 0 Å². The molecule has 0 aliphatic carbocycles. The van der Waals surface area contributed by atoms with Gasteiger partial charge in [0.2, 0.25) is 0 Å². The summed E-state index contributed by atoms with van der Waals surface area (Å²) < 4.78 is 4.59. The van der Waals surface area contributed by atoms with Crippen molar-refractivity contribution in [1.82, 2.24) is 5.32 Å². The van der Waals surface area contributed by atoms with Crippen molar-refractivity contribution in [1.29, 1.82) is 0 Å². The molecule has 0 amide bonds. The molecule has 0 radical (unpaired) electrons. The van der Waals surface area contributed by atoms with Gasteiger partial charge in [-0.1, -0.05) is 0 Å². The number of piperidine rings is 1. The van der Waals surface area contributed by atoms with Gasteiger partial charge in [0.05, 0.1) is 7.11 Å². The summed E-state index contributed by atoms with van der Waals surface area (Å²) >= 11 is 0. The maximum absolute atomic E-state index is 10.8. The third-order valence-electron chi connectivity index (χ3n) is 2.08. The topological polar surface area (TPSA) is 38.3 Å². The maximum Gasteiger partial charge on any atom is 0.305 e. The van der Waals surface area contributed by atoms with E-state index in [-0.39, 0.29) is 18.4 Å². The van der Waals surface area contributed by atoms with Crippen molar-refractivity contribution in [2.45, 2.75) is 19.3 Å². The molecule has 1 unspecified atom stereocenters. The lowest BCUT2D eigenvalue weighted by molar-refractivity contribution is -0.141. The Kier molecular flexibility index (Phi) is 6.11. The lowest BCUT2D eigenvalue weighted by Gasteiger charge is -2.21. The van der Waals surface area contributed by atoms with E-state index in [1.807, 2.05) is 0 Å². The molecule has 1 atom stereocenters. The van der Waals surface area contributed by atoms with Gasteiger partial charge in [-0.2, -0.15) is 0 Å². The van der Waals surface area contributed by atoms with E-state index in [0.29, 0.717) is 12.3 Å². The van der Waals surface area contributed by atoms with Crippen LogP contribution in [0.15, 0.2) is 0 Å². The summed E-state index contributed by atoms with van der Waals surface area (Å²) in [5, 5.41) is 3.26. The number of carbonyl (C=O) groups is 1. The second kappa shape index (κ2) is 6.26. The van der Waals surface area contributed by atoms with Gasteiger partial charge in [0, 0.05) is 6.42 Å². The first kappa shape index (κ1) is 11.7. The molecule has 1 rings (SSSR count). The number of hydrogen-bond donors (Lipinski definition) is 1. The Morgan fingerprint density at radius 3 is 2.92 bits per heavy atom. The zero-order valence-corrected chi connectivity index (χ0v) is 8.15. The number of ether oxygens (including phenoxy) is 1. The molecule has 1 fully saturated rings. The molecule has 1 aliphatic rings. The normalized spacial score (nSPS) is 22.6. The van der Waals surface area contributed by atoms with Crippen LogP contribution in [0.1, 0.15) is 19.3 Å². The van der Waals surface area contributed by atoms with Crippen LogP contribution < -0.4 is 5.32 Å². The lowest BCUT2D eigenvalue weighted by Crippen LogP contribution is -2.31. The zero-order chi connectivity index (χ0) is 8.10. The van der Waals surface area contributed by atoms with Crippen molar-refractivity contribution in [2.75, 3.05) is 20.2 Å². The third-order valence-corrected chi connectivity index (χ3v) is 2.08. The van der Waals surface area contributed by atoms with Gasteiger partial charge >= 0.3 is 5.97 Å². The molecule has 72 valence electrons. The fourth-order valence-corrected chi connectivity index (χ4v) is 1.42. The van der Waals surface area contributed by atoms with Crippen LogP contribution in [-0.4, -0.2) is 26.2 Å². The minimum Gasteiger partial charge on any atom is -0.469 e. The minimum atomic E-state index is -0.0845. The number of halogens is 1. The predicted octanol–water partition coefficient (Wildman–Crippen LogP) is 0.971. The summed E-state index contributed by atoms with van der Waals surface area (Å²) in [6.45, 7) is 2.06. The fraction of sp³-hybridized carbons (Fsp3) is 0.875. The van der Waals surface area contributed by atoms with Gasteiger partial charge in [-0.05, 0) is 31.8 Å². The molecule has 1 heterocycles. The number of hydrogen-bond acceptors (Lipinski definition) is 3. The standard InChI is InChI=1S/C8H15NO2.ClH/c1-11-8(10)5-7-3-2-4-9-6-7;/h7,9H,2-6H2,1H3;1H. The predicted molar refractivity (Wildman–Crippen MR) is 49.5 cm³/mol. The molecule has 12 heavy (non-hydrogen) atoms. The first-order chi connectivity index (χ1) is 5.33. The first-order valence-electron chi connectivity index (χ1n) is 4.10. The summed E-state index contributed by atoms with van der Waals surface area (Å²) in [5.74, 6) is 0.412. The number of rotatable bonds is 2. The molecule has 1 N–H and O–H groups in total. The summed E-state index contributed by atoms with van der Waals surface area (Å²) in [6.07, 6.45) is 2.91. The Balaban J connectivity index is 0.00000121.